The van der Waals surface area contributed by atoms with E-state index in [0.29, 0.717) is 0 Å². The Bertz CT molecular complexity index is 19.0. The fourth-order valence-electron chi connectivity index (χ4n) is 0.0962. The molecule has 0 N–H and O–H groups in total. The Kier molecular flexibility index (Phi) is 4.79. The van der Waals surface area contributed by atoms with Crippen LogP contribution in [0.15, 0.2) is 0 Å². The molecule has 0 amide bonds. The lowest BCUT2D eigenvalue weighted by Crippen LogP contribution is -1.96. The van der Waals surface area contributed by atoms with Crippen LogP contribution in [0.2, 0.25) is 0 Å². The molecule has 0 rings (SSSR count). The van der Waals surface area contributed by atoms with E-state index in [-0.39, 0.29) is 1.43 Å². The molecule has 0 aromatic rings. The van der Waals surface area contributed by atoms with Gasteiger partial charge >= 0.3 is 7.69 Å². The predicted octanol–water partition coefficient (Wildman–Crippen LogP) is -2.64. The molecule has 0 aliphatic heterocycles. The Morgan fingerprint density at radius 2 is 1.80 bits per heavy atom. The molecule has 0 saturated carbocycles. The van der Waals surface area contributed by atoms with E-state index in [0.717, 1.165) is 21.0 Å². The van der Waals surface area contributed by atoms with Crippen molar-refractivity contribution in [1.29, 1.82) is 0 Å². The third-order valence-electron chi connectivity index (χ3n) is 0.192. The molecular weight excluding hydrogens is 99.0 g/mol. The fraction of sp³-hybridized carbons (Fsp3) is 0. The van der Waals surface area contributed by atoms with Gasteiger partial charge in [0.2, 0.25) is 0 Å². The minimum Gasteiger partial charge on any atom is -0.464 e. The predicted molar refractivity (Wildman–Crippen MR) is 29.9 cm³/mol. The Morgan fingerprint density at radius 1 is 1.40 bits per heavy atom. The van der Waals surface area contributed by atoms with Gasteiger partial charge in [0, 0.05) is 1.43 Å². The van der Waals surface area contributed by atoms with Crippen molar-refractivity contribution in [3.8, 4) is 0 Å². The molecule has 31 valence electrons. The van der Waals surface area contributed by atoms with Gasteiger partial charge in [0.25, 0.3) is 0 Å². The fourth-order valence-corrected chi connectivity index (χ4v) is 0.866. The van der Waals surface area contributed by atoms with Crippen molar-refractivity contribution in [3.05, 3.63) is 0 Å². The Balaban J connectivity index is 0. The lowest BCUT2D eigenvalue weighted by atomic mass is 10.4. The van der Waals surface area contributed by atoms with Crippen molar-refractivity contribution < 1.29 is 10.1 Å². The van der Waals surface area contributed by atoms with Crippen LogP contribution >= 0.6 is 0 Å². The van der Waals surface area contributed by atoms with Gasteiger partial charge in [0.05, 0.1) is 0 Å². The molecule has 0 aromatic heterocycles. The van der Waals surface area contributed by atoms with E-state index in [9.17, 15) is 0 Å². The van der Waals surface area contributed by atoms with Crippen LogP contribution in [0.5, 0.6) is 0 Å². The summed E-state index contributed by atoms with van der Waals surface area (Å²) < 4.78 is 9.03. The van der Waals surface area contributed by atoms with Crippen molar-refractivity contribution in [3.63, 3.8) is 0 Å². The van der Waals surface area contributed by atoms with Gasteiger partial charge in [-0.05, 0) is 0 Å². The molecule has 0 atom stereocenters. The summed E-state index contributed by atoms with van der Waals surface area (Å²) in [6.45, 7) is 0. The van der Waals surface area contributed by atoms with Gasteiger partial charge in [-0.25, -0.2) is 0 Å². The highest BCUT2D eigenvalue weighted by molar-refractivity contribution is 6.33. The van der Waals surface area contributed by atoms with Gasteiger partial charge in [-0.3, -0.25) is 0 Å². The summed E-state index contributed by atoms with van der Waals surface area (Å²) in [4.78, 5) is 0. The quantitative estimate of drug-likeness (QED) is 0.359. The highest BCUT2D eigenvalue weighted by atomic mass is 28.2. The monoisotopic (exact) mass is 107 g/mol. The molecule has 5 heavy (non-hydrogen) atoms. The lowest BCUT2D eigenvalue weighted by molar-refractivity contribution is 0.513. The van der Waals surface area contributed by atoms with E-state index in [1.54, 1.807) is 0 Å². The molecule has 0 spiro atoms. The van der Waals surface area contributed by atoms with Crippen LogP contribution in [0.1, 0.15) is 1.43 Å². The number of rotatable bonds is 2. The molecular formula is H8BO2Si2. The maximum absolute atomic E-state index is 4.52. The van der Waals surface area contributed by atoms with Crippen LogP contribution in [-0.4, -0.2) is 28.7 Å². The maximum atomic E-state index is 4.52. The first kappa shape index (κ1) is 5.42. The van der Waals surface area contributed by atoms with Crippen LogP contribution in [0, 0.1) is 0 Å². The van der Waals surface area contributed by atoms with Crippen LogP contribution in [0.3, 0.4) is 0 Å². The third-order valence-corrected chi connectivity index (χ3v) is 0.577. The van der Waals surface area contributed by atoms with Crippen molar-refractivity contribution in [1.82, 2.24) is 0 Å². The van der Waals surface area contributed by atoms with Crippen molar-refractivity contribution >= 4 is 28.7 Å². The molecule has 0 aromatic carbocycles. The first-order valence-corrected chi connectivity index (χ1v) is 2.92. The molecule has 1 radical (unpaired) electrons. The second kappa shape index (κ2) is 4.42. The van der Waals surface area contributed by atoms with E-state index in [1.165, 1.54) is 7.69 Å². The molecule has 0 aliphatic carbocycles. The van der Waals surface area contributed by atoms with Crippen molar-refractivity contribution in [2.75, 3.05) is 0 Å². The van der Waals surface area contributed by atoms with Gasteiger partial charge in [0.15, 0.2) is 0 Å². The zero-order valence-corrected chi connectivity index (χ0v) is 7.39. The minimum absolute atomic E-state index is 0. The smallest absolute Gasteiger partial charge is 0.463 e. The van der Waals surface area contributed by atoms with Crippen LogP contribution in [0.25, 0.3) is 0 Å². The molecule has 5 heteroatoms. The Hall–Kier alpha value is 0.419. The second-order valence-electron chi connectivity index (χ2n) is 0.568. The van der Waals surface area contributed by atoms with Crippen molar-refractivity contribution in [2.24, 2.45) is 0 Å². The molecule has 0 unspecified atom stereocenters. The first-order chi connectivity index (χ1) is 2.41. The number of hydrogen-bond acceptors (Lipinski definition) is 2. The van der Waals surface area contributed by atoms with Crippen LogP contribution < -0.4 is 0 Å². The molecule has 0 aliphatic rings. The number of hydrogen-bond donors (Lipinski definition) is 0. The SMILES string of the molecule is [HH].[SiH3]O[B]O[SiH3]. The van der Waals surface area contributed by atoms with Gasteiger partial charge in [0.1, 0.15) is 21.0 Å². The topological polar surface area (TPSA) is 18.5 Å². The van der Waals surface area contributed by atoms with E-state index < -0.39 is 0 Å². The van der Waals surface area contributed by atoms with E-state index in [1.807, 2.05) is 0 Å². The van der Waals surface area contributed by atoms with Gasteiger partial charge in [-0.15, -0.1) is 0 Å². The van der Waals surface area contributed by atoms with Crippen LogP contribution in [0.4, 0.5) is 0 Å². The zero-order chi connectivity index (χ0) is 4.12. The molecule has 0 saturated heterocycles. The second-order valence-corrected chi connectivity index (χ2v) is 1.51. The highest BCUT2D eigenvalue weighted by Crippen LogP contribution is 1.52. The molecule has 2 nitrogen and oxygen atoms in total. The minimum atomic E-state index is 0. The maximum Gasteiger partial charge on any atom is 0.463 e. The Morgan fingerprint density at radius 3 is 1.80 bits per heavy atom. The summed E-state index contributed by atoms with van der Waals surface area (Å²) >= 11 is 0. The summed E-state index contributed by atoms with van der Waals surface area (Å²) in [5.41, 5.74) is 0. The van der Waals surface area contributed by atoms with Crippen LogP contribution in [-0.2, 0) is 8.69 Å². The summed E-state index contributed by atoms with van der Waals surface area (Å²) in [5, 5.41) is 0. The van der Waals surface area contributed by atoms with E-state index >= 15 is 0 Å². The standard InChI is InChI=1S/BH6O2Si2.H2/c4-2-1-3-5;/h4-5H3;1H. The molecule has 0 fully saturated rings. The average Bonchev–Trinajstić information content (AvgIpc) is 1.41. The summed E-state index contributed by atoms with van der Waals surface area (Å²) in [7, 11) is 2.85. The van der Waals surface area contributed by atoms with Gasteiger partial charge in [-0.1, -0.05) is 0 Å². The third kappa shape index (κ3) is 4.42. The summed E-state index contributed by atoms with van der Waals surface area (Å²) in [5.74, 6) is 0. The normalized spacial score (nSPS) is 8.80. The average molecular weight is 107 g/mol. The summed E-state index contributed by atoms with van der Waals surface area (Å²) in [6, 6.07) is 0. The first-order valence-electron chi connectivity index (χ1n) is 1.29. The lowest BCUT2D eigenvalue weighted by Gasteiger charge is -1.84. The van der Waals surface area contributed by atoms with Crippen molar-refractivity contribution in [2.45, 2.75) is 0 Å². The van der Waals surface area contributed by atoms with Gasteiger partial charge < -0.3 is 8.69 Å². The largest absolute Gasteiger partial charge is 0.464 e. The van der Waals surface area contributed by atoms with E-state index in [2.05, 4.69) is 8.69 Å². The molecule has 0 heterocycles. The summed E-state index contributed by atoms with van der Waals surface area (Å²) in [6.07, 6.45) is 0. The van der Waals surface area contributed by atoms with E-state index in [4.69, 9.17) is 0 Å². The zero-order valence-electron chi connectivity index (χ0n) is 3.39. The molecule has 0 bridgehead atoms. The Labute approximate surface area is 39.7 Å². The van der Waals surface area contributed by atoms with Gasteiger partial charge in [-0.2, -0.15) is 0 Å². The highest BCUT2D eigenvalue weighted by Gasteiger charge is 1.74.